The lowest BCUT2D eigenvalue weighted by Crippen LogP contribution is -2.07. The fourth-order valence-corrected chi connectivity index (χ4v) is 1.39. The van der Waals surface area contributed by atoms with Crippen LogP contribution in [0.3, 0.4) is 0 Å². The highest BCUT2D eigenvalue weighted by atomic mass is 79.9. The lowest BCUT2D eigenvalue weighted by Gasteiger charge is -2.09. The predicted octanol–water partition coefficient (Wildman–Crippen LogP) is 3.28. The molecule has 0 atom stereocenters. The summed E-state index contributed by atoms with van der Waals surface area (Å²) in [6, 6.07) is 1.76. The first kappa shape index (κ1) is 9.81. The van der Waals surface area contributed by atoms with E-state index in [1.165, 1.54) is 0 Å². The second-order valence-electron chi connectivity index (χ2n) is 2.61. The number of hydrogen-bond donors (Lipinski definition) is 0. The van der Waals surface area contributed by atoms with Gasteiger partial charge in [-0.3, -0.25) is 0 Å². The molecule has 0 saturated carbocycles. The molecule has 0 radical (unpaired) electrons. The average molecular weight is 251 g/mol. The number of rotatable bonds is 2. The zero-order valence-corrected chi connectivity index (χ0v) is 9.19. The van der Waals surface area contributed by atoms with Crippen molar-refractivity contribution in [3.63, 3.8) is 0 Å². The molecule has 66 valence electrons. The zero-order valence-electron chi connectivity index (χ0n) is 6.84. The number of ether oxygens (including phenoxy) is 1. The summed E-state index contributed by atoms with van der Waals surface area (Å²) < 4.78 is 6.19. The van der Waals surface area contributed by atoms with Crippen LogP contribution >= 0.6 is 27.5 Å². The van der Waals surface area contributed by atoms with Gasteiger partial charge in [-0.2, -0.15) is 0 Å². The highest BCUT2D eigenvalue weighted by Gasteiger charge is 2.04. The van der Waals surface area contributed by atoms with E-state index in [-0.39, 0.29) is 6.10 Å². The fourth-order valence-electron chi connectivity index (χ4n) is 0.712. The molecule has 0 aliphatic carbocycles. The summed E-state index contributed by atoms with van der Waals surface area (Å²) in [6.45, 7) is 3.86. The van der Waals surface area contributed by atoms with E-state index in [4.69, 9.17) is 16.3 Å². The Morgan fingerprint density at radius 3 is 2.75 bits per heavy atom. The molecule has 0 aromatic carbocycles. The van der Waals surface area contributed by atoms with Gasteiger partial charge in [0.1, 0.15) is 5.02 Å². The van der Waals surface area contributed by atoms with Crippen LogP contribution in [-0.4, -0.2) is 11.1 Å². The third-order valence-electron chi connectivity index (χ3n) is 1.12. The minimum absolute atomic E-state index is 0.0937. The van der Waals surface area contributed by atoms with E-state index in [0.717, 1.165) is 4.47 Å². The highest BCUT2D eigenvalue weighted by Crippen LogP contribution is 2.25. The molecule has 2 nitrogen and oxygen atoms in total. The summed E-state index contributed by atoms with van der Waals surface area (Å²) >= 11 is 9.12. The second kappa shape index (κ2) is 4.10. The van der Waals surface area contributed by atoms with Crippen molar-refractivity contribution < 1.29 is 4.74 Å². The Morgan fingerprint density at radius 2 is 2.25 bits per heavy atom. The van der Waals surface area contributed by atoms with Gasteiger partial charge in [0, 0.05) is 10.7 Å². The van der Waals surface area contributed by atoms with Gasteiger partial charge in [-0.05, 0) is 35.8 Å². The van der Waals surface area contributed by atoms with E-state index in [2.05, 4.69) is 20.9 Å². The third-order valence-corrected chi connectivity index (χ3v) is 1.83. The molecule has 0 amide bonds. The molecule has 1 aromatic heterocycles. The largest absolute Gasteiger partial charge is 0.474 e. The molecule has 1 aromatic rings. The minimum Gasteiger partial charge on any atom is -0.474 e. The third kappa shape index (κ3) is 2.64. The molecule has 1 rings (SSSR count). The molecule has 0 aliphatic heterocycles. The van der Waals surface area contributed by atoms with Gasteiger partial charge in [0.25, 0.3) is 0 Å². The standard InChI is InChI=1S/C8H9BrClNO/c1-5(2)12-8-7(10)3-6(9)4-11-8/h3-5H,1-2H3. The average Bonchev–Trinajstić information content (AvgIpc) is 1.94. The summed E-state index contributed by atoms with van der Waals surface area (Å²) in [5, 5.41) is 0.526. The van der Waals surface area contributed by atoms with E-state index in [9.17, 15) is 0 Å². The van der Waals surface area contributed by atoms with Gasteiger partial charge in [-0.1, -0.05) is 11.6 Å². The second-order valence-corrected chi connectivity index (χ2v) is 3.93. The van der Waals surface area contributed by atoms with Gasteiger partial charge in [0.15, 0.2) is 0 Å². The number of aromatic nitrogens is 1. The van der Waals surface area contributed by atoms with E-state index in [0.29, 0.717) is 10.9 Å². The maximum Gasteiger partial charge on any atom is 0.232 e. The van der Waals surface area contributed by atoms with Crippen LogP contribution in [0.25, 0.3) is 0 Å². The van der Waals surface area contributed by atoms with Crippen LogP contribution in [0.1, 0.15) is 13.8 Å². The minimum atomic E-state index is 0.0937. The van der Waals surface area contributed by atoms with Gasteiger partial charge >= 0.3 is 0 Å². The van der Waals surface area contributed by atoms with Crippen molar-refractivity contribution in [2.45, 2.75) is 20.0 Å². The van der Waals surface area contributed by atoms with E-state index >= 15 is 0 Å². The van der Waals surface area contributed by atoms with Crippen molar-refractivity contribution in [1.29, 1.82) is 0 Å². The van der Waals surface area contributed by atoms with Crippen molar-refractivity contribution in [1.82, 2.24) is 4.98 Å². The summed E-state index contributed by atoms with van der Waals surface area (Å²) in [5.74, 6) is 0.481. The first-order chi connectivity index (χ1) is 5.59. The molecule has 0 spiro atoms. The molecule has 4 heteroatoms. The summed E-state index contributed by atoms with van der Waals surface area (Å²) in [7, 11) is 0. The molecular weight excluding hydrogens is 241 g/mol. The van der Waals surface area contributed by atoms with Gasteiger partial charge in [-0.25, -0.2) is 4.98 Å². The molecule has 0 aliphatic rings. The number of pyridine rings is 1. The van der Waals surface area contributed by atoms with Crippen molar-refractivity contribution >= 4 is 27.5 Å². The van der Waals surface area contributed by atoms with Crippen LogP contribution in [0, 0.1) is 0 Å². The molecule has 1 heterocycles. The van der Waals surface area contributed by atoms with Crippen molar-refractivity contribution in [2.75, 3.05) is 0 Å². The van der Waals surface area contributed by atoms with Gasteiger partial charge in [0.2, 0.25) is 5.88 Å². The Labute approximate surface area is 85.0 Å². The Bertz CT molecular complexity index is 278. The zero-order chi connectivity index (χ0) is 9.14. The van der Waals surface area contributed by atoms with Crippen molar-refractivity contribution in [2.24, 2.45) is 0 Å². The summed E-state index contributed by atoms with van der Waals surface area (Å²) in [6.07, 6.45) is 1.75. The number of hydrogen-bond acceptors (Lipinski definition) is 2. The highest BCUT2D eigenvalue weighted by molar-refractivity contribution is 9.10. The molecule has 0 bridgehead atoms. The molecule has 0 fully saturated rings. The van der Waals surface area contributed by atoms with Crippen LogP contribution < -0.4 is 4.74 Å². The predicted molar refractivity (Wildman–Crippen MR) is 52.7 cm³/mol. The Balaban J connectivity index is 2.86. The molecule has 12 heavy (non-hydrogen) atoms. The van der Waals surface area contributed by atoms with E-state index < -0.39 is 0 Å². The number of nitrogens with zero attached hydrogens (tertiary/aromatic N) is 1. The fraction of sp³-hybridized carbons (Fsp3) is 0.375. The van der Waals surface area contributed by atoms with Crippen LogP contribution in [0.2, 0.25) is 5.02 Å². The van der Waals surface area contributed by atoms with Crippen molar-refractivity contribution in [3.05, 3.63) is 21.8 Å². The molecular formula is C8H9BrClNO. The smallest absolute Gasteiger partial charge is 0.232 e. The first-order valence-corrected chi connectivity index (χ1v) is 4.74. The van der Waals surface area contributed by atoms with Crippen LogP contribution in [0.4, 0.5) is 0 Å². The van der Waals surface area contributed by atoms with Crippen LogP contribution in [0.15, 0.2) is 16.7 Å². The Morgan fingerprint density at radius 1 is 1.58 bits per heavy atom. The van der Waals surface area contributed by atoms with Gasteiger partial charge in [0.05, 0.1) is 6.10 Å². The maximum absolute atomic E-state index is 5.86. The van der Waals surface area contributed by atoms with Gasteiger partial charge in [-0.15, -0.1) is 0 Å². The molecule has 0 N–H and O–H groups in total. The summed E-state index contributed by atoms with van der Waals surface area (Å²) in [4.78, 5) is 4.02. The van der Waals surface area contributed by atoms with Crippen molar-refractivity contribution in [3.8, 4) is 5.88 Å². The molecule has 0 unspecified atom stereocenters. The first-order valence-electron chi connectivity index (χ1n) is 3.57. The normalized spacial score (nSPS) is 10.4. The lowest BCUT2D eigenvalue weighted by molar-refractivity contribution is 0.233. The SMILES string of the molecule is CC(C)Oc1ncc(Br)cc1Cl. The monoisotopic (exact) mass is 249 g/mol. The Kier molecular flexibility index (Phi) is 3.35. The molecule has 0 saturated heterocycles. The lowest BCUT2D eigenvalue weighted by atomic mass is 10.4. The van der Waals surface area contributed by atoms with Crippen LogP contribution in [-0.2, 0) is 0 Å². The van der Waals surface area contributed by atoms with Crippen LogP contribution in [0.5, 0.6) is 5.88 Å². The maximum atomic E-state index is 5.86. The number of halogens is 2. The van der Waals surface area contributed by atoms with E-state index in [1.807, 2.05) is 13.8 Å². The topological polar surface area (TPSA) is 22.1 Å². The Hall–Kier alpha value is -0.280. The summed E-state index contributed by atoms with van der Waals surface area (Å²) in [5.41, 5.74) is 0. The van der Waals surface area contributed by atoms with E-state index in [1.54, 1.807) is 12.3 Å². The quantitative estimate of drug-likeness (QED) is 0.803. The van der Waals surface area contributed by atoms with Gasteiger partial charge < -0.3 is 4.74 Å².